The number of benzene rings is 1. The number of carbonyl (C=O) groups is 3. The van der Waals surface area contributed by atoms with Gasteiger partial charge in [0.15, 0.2) is 0 Å². The number of hydrogen-bond donors (Lipinski definition) is 2. The number of rotatable bonds is 6. The highest BCUT2D eigenvalue weighted by Crippen LogP contribution is 2.16. The Morgan fingerprint density at radius 2 is 2.08 bits per heavy atom. The zero-order chi connectivity index (χ0) is 18.5. The van der Waals surface area contributed by atoms with Gasteiger partial charge in [-0.3, -0.25) is 9.59 Å². The highest BCUT2D eigenvalue weighted by molar-refractivity contribution is 7.08. The highest BCUT2D eigenvalue weighted by atomic mass is 32.1. The number of thiophene rings is 1. The van der Waals surface area contributed by atoms with Crippen molar-refractivity contribution in [1.29, 1.82) is 0 Å². The summed E-state index contributed by atoms with van der Waals surface area (Å²) in [6.45, 7) is 1.33. The molecular formula is C17H16FN3O4S. The number of carbonyl (C=O) groups excluding carboxylic acids is 3. The molecule has 3 amide bonds. The van der Waals surface area contributed by atoms with E-state index in [0.717, 1.165) is 12.1 Å². The standard InChI is InChI=1S/C17H16FN3O4S/c18-13-7-12(15(22)19-2-3-21-4-5-25-17(21)24)8-14(9-13)20-16(23)11-1-6-26-10-11/h1,6-10H,2-5H2,(H,19,22)(H,20,23). The molecule has 0 spiro atoms. The van der Waals surface area contributed by atoms with Crippen molar-refractivity contribution >= 4 is 34.9 Å². The van der Waals surface area contributed by atoms with Gasteiger partial charge in [0.05, 0.1) is 12.1 Å². The van der Waals surface area contributed by atoms with Crippen molar-refractivity contribution in [3.8, 4) is 0 Å². The van der Waals surface area contributed by atoms with E-state index in [1.165, 1.54) is 22.3 Å². The molecule has 1 aliphatic rings. The molecule has 1 aliphatic heterocycles. The summed E-state index contributed by atoms with van der Waals surface area (Å²) < 4.78 is 18.6. The quantitative estimate of drug-likeness (QED) is 0.809. The Balaban J connectivity index is 1.60. The Morgan fingerprint density at radius 1 is 1.23 bits per heavy atom. The predicted molar refractivity (Wildman–Crippen MR) is 93.9 cm³/mol. The third-order valence-electron chi connectivity index (χ3n) is 3.71. The largest absolute Gasteiger partial charge is 0.448 e. The summed E-state index contributed by atoms with van der Waals surface area (Å²) >= 11 is 1.37. The van der Waals surface area contributed by atoms with E-state index in [0.29, 0.717) is 25.3 Å². The van der Waals surface area contributed by atoms with Gasteiger partial charge in [-0.25, -0.2) is 9.18 Å². The van der Waals surface area contributed by atoms with E-state index in [-0.39, 0.29) is 23.7 Å². The average Bonchev–Trinajstić information content (AvgIpc) is 3.26. The van der Waals surface area contributed by atoms with Crippen LogP contribution in [0.15, 0.2) is 35.0 Å². The van der Waals surface area contributed by atoms with Crippen molar-refractivity contribution in [3.05, 3.63) is 52.0 Å². The van der Waals surface area contributed by atoms with Crippen LogP contribution < -0.4 is 10.6 Å². The van der Waals surface area contributed by atoms with E-state index in [1.54, 1.807) is 16.8 Å². The van der Waals surface area contributed by atoms with Crippen LogP contribution in [0.25, 0.3) is 0 Å². The Kier molecular flexibility index (Phi) is 5.47. The van der Waals surface area contributed by atoms with Crippen molar-refractivity contribution in [3.63, 3.8) is 0 Å². The minimum absolute atomic E-state index is 0.0783. The second kappa shape index (κ2) is 7.96. The minimum atomic E-state index is -0.638. The molecular weight excluding hydrogens is 361 g/mol. The smallest absolute Gasteiger partial charge is 0.409 e. The van der Waals surface area contributed by atoms with Gasteiger partial charge in [-0.05, 0) is 29.6 Å². The number of nitrogens with zero attached hydrogens (tertiary/aromatic N) is 1. The summed E-state index contributed by atoms with van der Waals surface area (Å²) in [6.07, 6.45) is -0.413. The molecule has 1 aromatic carbocycles. The van der Waals surface area contributed by atoms with Crippen LogP contribution in [0.2, 0.25) is 0 Å². The second-order valence-electron chi connectivity index (χ2n) is 5.55. The lowest BCUT2D eigenvalue weighted by Crippen LogP contribution is -2.35. The van der Waals surface area contributed by atoms with Crippen molar-refractivity contribution < 1.29 is 23.5 Å². The van der Waals surface area contributed by atoms with Gasteiger partial charge in [0, 0.05) is 29.7 Å². The Labute approximate surface area is 152 Å². The van der Waals surface area contributed by atoms with E-state index in [1.807, 2.05) is 0 Å². The Hall–Kier alpha value is -2.94. The van der Waals surface area contributed by atoms with Gasteiger partial charge < -0.3 is 20.3 Å². The molecule has 9 heteroatoms. The highest BCUT2D eigenvalue weighted by Gasteiger charge is 2.21. The Bertz CT molecular complexity index is 825. The number of ether oxygens (including phenoxy) is 1. The number of nitrogens with one attached hydrogen (secondary N) is 2. The van der Waals surface area contributed by atoms with Crippen LogP contribution >= 0.6 is 11.3 Å². The molecule has 136 valence electrons. The summed E-state index contributed by atoms with van der Waals surface area (Å²) in [4.78, 5) is 37.0. The van der Waals surface area contributed by atoms with E-state index >= 15 is 0 Å². The number of cyclic esters (lactones) is 1. The van der Waals surface area contributed by atoms with Crippen molar-refractivity contribution in [2.75, 3.05) is 31.6 Å². The maximum atomic E-state index is 13.8. The first kappa shape index (κ1) is 17.9. The molecule has 2 aromatic rings. The lowest BCUT2D eigenvalue weighted by Gasteiger charge is -2.13. The fourth-order valence-electron chi connectivity index (χ4n) is 2.43. The van der Waals surface area contributed by atoms with Gasteiger partial charge in [0.25, 0.3) is 11.8 Å². The third kappa shape index (κ3) is 4.37. The van der Waals surface area contributed by atoms with E-state index in [4.69, 9.17) is 4.74 Å². The summed E-state index contributed by atoms with van der Waals surface area (Å²) in [6, 6.07) is 5.27. The zero-order valence-corrected chi connectivity index (χ0v) is 14.5. The van der Waals surface area contributed by atoms with E-state index < -0.39 is 17.8 Å². The fourth-order valence-corrected chi connectivity index (χ4v) is 3.06. The van der Waals surface area contributed by atoms with Gasteiger partial charge in [0.1, 0.15) is 12.4 Å². The number of hydrogen-bond acceptors (Lipinski definition) is 5. The first-order valence-corrected chi connectivity index (χ1v) is 8.81. The topological polar surface area (TPSA) is 87.7 Å². The maximum Gasteiger partial charge on any atom is 0.409 e. The molecule has 2 heterocycles. The molecule has 1 aromatic heterocycles. The SMILES string of the molecule is O=C(NCCN1CCOC1=O)c1cc(F)cc(NC(=O)c2ccsc2)c1. The predicted octanol–water partition coefficient (Wildman–Crippen LogP) is 2.32. The molecule has 0 unspecified atom stereocenters. The zero-order valence-electron chi connectivity index (χ0n) is 13.7. The van der Waals surface area contributed by atoms with Crippen LogP contribution in [0.1, 0.15) is 20.7 Å². The van der Waals surface area contributed by atoms with E-state index in [2.05, 4.69) is 10.6 Å². The summed E-state index contributed by atoms with van der Waals surface area (Å²) in [7, 11) is 0. The molecule has 0 atom stereocenters. The number of amides is 3. The first-order chi connectivity index (χ1) is 12.5. The van der Waals surface area contributed by atoms with Crippen LogP contribution in [0.4, 0.5) is 14.9 Å². The molecule has 1 fully saturated rings. The van der Waals surface area contributed by atoms with Gasteiger partial charge in [-0.1, -0.05) is 0 Å². The maximum absolute atomic E-state index is 13.8. The second-order valence-corrected chi connectivity index (χ2v) is 6.33. The molecule has 7 nitrogen and oxygen atoms in total. The van der Waals surface area contributed by atoms with Gasteiger partial charge in [0.2, 0.25) is 0 Å². The Morgan fingerprint density at radius 3 is 2.77 bits per heavy atom. The molecule has 0 aliphatic carbocycles. The van der Waals surface area contributed by atoms with Crippen molar-refractivity contribution in [1.82, 2.24) is 10.2 Å². The molecule has 3 rings (SSSR count). The average molecular weight is 377 g/mol. The lowest BCUT2D eigenvalue weighted by molar-refractivity contribution is 0.0947. The van der Waals surface area contributed by atoms with E-state index in [9.17, 15) is 18.8 Å². The first-order valence-electron chi connectivity index (χ1n) is 7.87. The summed E-state index contributed by atoms with van der Waals surface area (Å²) in [5, 5.41) is 8.61. The van der Waals surface area contributed by atoms with Crippen LogP contribution in [0.3, 0.4) is 0 Å². The molecule has 26 heavy (non-hydrogen) atoms. The van der Waals surface area contributed by atoms with Gasteiger partial charge in [-0.15, -0.1) is 0 Å². The fraction of sp³-hybridized carbons (Fsp3) is 0.235. The minimum Gasteiger partial charge on any atom is -0.448 e. The van der Waals surface area contributed by atoms with Gasteiger partial charge in [-0.2, -0.15) is 11.3 Å². The molecule has 0 radical (unpaired) electrons. The van der Waals surface area contributed by atoms with Crippen LogP contribution in [-0.4, -0.2) is 49.0 Å². The van der Waals surface area contributed by atoms with Crippen LogP contribution in [0.5, 0.6) is 0 Å². The molecule has 2 N–H and O–H groups in total. The van der Waals surface area contributed by atoms with Crippen molar-refractivity contribution in [2.24, 2.45) is 0 Å². The molecule has 1 saturated heterocycles. The van der Waals surface area contributed by atoms with Crippen molar-refractivity contribution in [2.45, 2.75) is 0 Å². The van der Waals surface area contributed by atoms with Crippen LogP contribution in [0, 0.1) is 5.82 Å². The number of anilines is 1. The lowest BCUT2D eigenvalue weighted by atomic mass is 10.1. The normalized spacial score (nSPS) is 13.4. The number of halogens is 1. The summed E-state index contributed by atoms with van der Waals surface area (Å²) in [5.41, 5.74) is 0.729. The molecule has 0 saturated carbocycles. The third-order valence-corrected chi connectivity index (χ3v) is 4.40. The monoisotopic (exact) mass is 377 g/mol. The summed E-state index contributed by atoms with van der Waals surface area (Å²) in [5.74, 6) is -1.51. The van der Waals surface area contributed by atoms with Crippen LogP contribution in [-0.2, 0) is 4.74 Å². The molecule has 0 bridgehead atoms. The van der Waals surface area contributed by atoms with Gasteiger partial charge >= 0.3 is 6.09 Å².